The highest BCUT2D eigenvalue weighted by molar-refractivity contribution is 7.10. The molecule has 2 unspecified atom stereocenters. The normalized spacial score (nSPS) is 23.6. The third kappa shape index (κ3) is 1.57. The van der Waals surface area contributed by atoms with E-state index in [-0.39, 0.29) is 11.9 Å². The second kappa shape index (κ2) is 3.98. The van der Waals surface area contributed by atoms with Crippen LogP contribution >= 0.6 is 11.3 Å². The molecule has 0 saturated carbocycles. The van der Waals surface area contributed by atoms with Crippen LogP contribution in [0.3, 0.4) is 0 Å². The Morgan fingerprint density at radius 3 is 2.53 bits per heavy atom. The predicted octanol–water partition coefficient (Wildman–Crippen LogP) is 2.16. The highest BCUT2D eigenvalue weighted by atomic mass is 32.1. The molecule has 86 valence electrons. The minimum atomic E-state index is -0.408. The molecule has 0 bridgehead atoms. The summed E-state index contributed by atoms with van der Waals surface area (Å²) in [5.74, 6) is -0.00500. The summed E-state index contributed by atoms with van der Waals surface area (Å²) >= 11 is 1.64. The lowest BCUT2D eigenvalue weighted by molar-refractivity contribution is -0.126. The van der Waals surface area contributed by atoms with E-state index < -0.39 is 6.04 Å². The van der Waals surface area contributed by atoms with Crippen molar-refractivity contribution in [1.82, 2.24) is 0 Å². The van der Waals surface area contributed by atoms with Crippen LogP contribution in [0.4, 0.5) is 5.69 Å². The Morgan fingerprint density at radius 1 is 1.12 bits per heavy atom. The number of anilines is 1. The van der Waals surface area contributed by atoms with Gasteiger partial charge in [0.25, 0.3) is 0 Å². The van der Waals surface area contributed by atoms with E-state index in [0.29, 0.717) is 0 Å². The number of para-hydroxylation sites is 1. The van der Waals surface area contributed by atoms with E-state index in [9.17, 15) is 4.79 Å². The van der Waals surface area contributed by atoms with Gasteiger partial charge in [0.1, 0.15) is 6.04 Å². The first-order valence-corrected chi connectivity index (χ1v) is 6.34. The largest absolute Gasteiger partial charge is 0.318 e. The maximum absolute atomic E-state index is 11.9. The van der Waals surface area contributed by atoms with Gasteiger partial charge in [-0.15, -0.1) is 11.3 Å². The average molecular weight is 244 g/mol. The van der Waals surface area contributed by atoms with Crippen molar-refractivity contribution in [3.8, 4) is 0 Å². The summed E-state index contributed by atoms with van der Waals surface area (Å²) in [5, 5.41) is 2.01. The molecular weight excluding hydrogens is 232 g/mol. The second-order valence-electron chi connectivity index (χ2n) is 4.03. The molecule has 2 atom stereocenters. The summed E-state index contributed by atoms with van der Waals surface area (Å²) in [4.78, 5) is 14.8. The number of hydrogen-bond acceptors (Lipinski definition) is 3. The molecule has 1 aromatic carbocycles. The van der Waals surface area contributed by atoms with Gasteiger partial charge in [-0.05, 0) is 23.6 Å². The number of carbonyl (C=O) groups is 1. The van der Waals surface area contributed by atoms with Crippen molar-refractivity contribution in [2.45, 2.75) is 12.1 Å². The van der Waals surface area contributed by atoms with Gasteiger partial charge in [0.05, 0.1) is 6.04 Å². The van der Waals surface area contributed by atoms with Gasteiger partial charge >= 0.3 is 0 Å². The van der Waals surface area contributed by atoms with Crippen molar-refractivity contribution in [2.75, 3.05) is 4.90 Å². The number of nitrogens with zero attached hydrogens (tertiary/aromatic N) is 1. The summed E-state index contributed by atoms with van der Waals surface area (Å²) in [5.41, 5.74) is 6.82. The van der Waals surface area contributed by atoms with E-state index in [0.717, 1.165) is 10.6 Å². The summed E-state index contributed by atoms with van der Waals surface area (Å²) in [6.07, 6.45) is 0. The fourth-order valence-electron chi connectivity index (χ4n) is 2.15. The van der Waals surface area contributed by atoms with Crippen LogP contribution in [0.1, 0.15) is 10.9 Å². The molecule has 3 nitrogen and oxygen atoms in total. The maximum Gasteiger partial charge on any atom is 0.247 e. The van der Waals surface area contributed by atoms with Crippen molar-refractivity contribution < 1.29 is 4.79 Å². The minimum absolute atomic E-state index is 0.00500. The first-order valence-electron chi connectivity index (χ1n) is 5.46. The summed E-state index contributed by atoms with van der Waals surface area (Å²) in [6.45, 7) is 0. The van der Waals surface area contributed by atoms with Crippen LogP contribution in [0, 0.1) is 0 Å². The van der Waals surface area contributed by atoms with Crippen LogP contribution in [0.2, 0.25) is 0 Å². The number of nitrogens with two attached hydrogens (primary N) is 1. The zero-order valence-electron chi connectivity index (χ0n) is 9.11. The Morgan fingerprint density at radius 2 is 1.88 bits per heavy atom. The molecule has 2 aromatic rings. The molecule has 2 N–H and O–H groups in total. The number of carbonyl (C=O) groups excluding carboxylic acids is 1. The molecule has 1 aromatic heterocycles. The zero-order chi connectivity index (χ0) is 11.8. The second-order valence-corrected chi connectivity index (χ2v) is 5.01. The number of hydrogen-bond donors (Lipinski definition) is 1. The first-order chi connectivity index (χ1) is 8.29. The fourth-order valence-corrected chi connectivity index (χ4v) is 3.01. The Balaban J connectivity index is 1.97. The van der Waals surface area contributed by atoms with E-state index in [1.165, 1.54) is 0 Å². The lowest BCUT2D eigenvalue weighted by Crippen LogP contribution is -2.63. The molecule has 1 saturated heterocycles. The average Bonchev–Trinajstić information content (AvgIpc) is 2.88. The predicted molar refractivity (Wildman–Crippen MR) is 69.0 cm³/mol. The highest BCUT2D eigenvalue weighted by Crippen LogP contribution is 2.39. The number of benzene rings is 1. The fraction of sp³-hybridized carbons (Fsp3) is 0.154. The third-order valence-electron chi connectivity index (χ3n) is 3.01. The van der Waals surface area contributed by atoms with Crippen molar-refractivity contribution in [1.29, 1.82) is 0 Å². The summed E-state index contributed by atoms with van der Waals surface area (Å²) < 4.78 is 0. The molecule has 3 rings (SSSR count). The smallest absolute Gasteiger partial charge is 0.247 e. The monoisotopic (exact) mass is 244 g/mol. The topological polar surface area (TPSA) is 46.3 Å². The van der Waals surface area contributed by atoms with E-state index in [1.54, 1.807) is 16.2 Å². The molecule has 1 aliphatic heterocycles. The lowest BCUT2D eigenvalue weighted by atomic mass is 9.93. The van der Waals surface area contributed by atoms with E-state index in [2.05, 4.69) is 0 Å². The van der Waals surface area contributed by atoms with Gasteiger partial charge in [-0.1, -0.05) is 24.3 Å². The molecule has 0 spiro atoms. The van der Waals surface area contributed by atoms with Gasteiger partial charge in [0, 0.05) is 10.6 Å². The van der Waals surface area contributed by atoms with Gasteiger partial charge < -0.3 is 10.6 Å². The van der Waals surface area contributed by atoms with Crippen LogP contribution in [0.5, 0.6) is 0 Å². The van der Waals surface area contributed by atoms with Crippen molar-refractivity contribution in [2.24, 2.45) is 5.73 Å². The number of amides is 1. The third-order valence-corrected chi connectivity index (χ3v) is 3.95. The Hall–Kier alpha value is -1.65. The lowest BCUT2D eigenvalue weighted by Gasteiger charge is -2.44. The van der Waals surface area contributed by atoms with Crippen LogP contribution in [0.15, 0.2) is 47.8 Å². The first kappa shape index (κ1) is 10.5. The van der Waals surface area contributed by atoms with E-state index in [1.807, 2.05) is 47.8 Å². The van der Waals surface area contributed by atoms with Gasteiger partial charge in [-0.25, -0.2) is 0 Å². The van der Waals surface area contributed by atoms with E-state index in [4.69, 9.17) is 5.73 Å². The number of β-lactam (4-membered cyclic amide) rings is 1. The van der Waals surface area contributed by atoms with Gasteiger partial charge in [0.2, 0.25) is 5.91 Å². The van der Waals surface area contributed by atoms with Gasteiger partial charge in [-0.3, -0.25) is 4.79 Å². The van der Waals surface area contributed by atoms with Crippen LogP contribution in [-0.4, -0.2) is 11.9 Å². The van der Waals surface area contributed by atoms with Crippen LogP contribution in [0.25, 0.3) is 0 Å². The van der Waals surface area contributed by atoms with Crippen molar-refractivity contribution in [3.05, 3.63) is 52.7 Å². The summed E-state index contributed by atoms with van der Waals surface area (Å²) in [6, 6.07) is 13.3. The van der Waals surface area contributed by atoms with Crippen molar-refractivity contribution in [3.63, 3.8) is 0 Å². The highest BCUT2D eigenvalue weighted by Gasteiger charge is 2.47. The molecule has 17 heavy (non-hydrogen) atoms. The quantitative estimate of drug-likeness (QED) is 0.823. The maximum atomic E-state index is 11.9. The number of rotatable bonds is 2. The molecular formula is C13H12N2OS. The Bertz CT molecular complexity index is 524. The van der Waals surface area contributed by atoms with Crippen molar-refractivity contribution >= 4 is 22.9 Å². The standard InChI is InChI=1S/C13H12N2OS/c14-11-12(10-7-4-8-17-10)15(13(11)16)9-5-2-1-3-6-9/h1-8,11-12H,14H2. The molecule has 0 radical (unpaired) electrons. The number of thiophene rings is 1. The molecule has 4 heteroatoms. The molecule has 0 aliphatic carbocycles. The van der Waals surface area contributed by atoms with Gasteiger partial charge in [-0.2, -0.15) is 0 Å². The van der Waals surface area contributed by atoms with Gasteiger partial charge in [0.15, 0.2) is 0 Å². The Labute approximate surface area is 103 Å². The molecule has 1 aliphatic rings. The molecule has 2 heterocycles. The molecule has 1 amide bonds. The SMILES string of the molecule is NC1C(=O)N(c2ccccc2)C1c1cccs1. The van der Waals surface area contributed by atoms with E-state index >= 15 is 0 Å². The molecule has 1 fully saturated rings. The van der Waals surface area contributed by atoms with Crippen LogP contribution in [-0.2, 0) is 4.79 Å². The Kier molecular flexibility index (Phi) is 2.46. The van der Waals surface area contributed by atoms with Crippen LogP contribution < -0.4 is 10.6 Å². The summed E-state index contributed by atoms with van der Waals surface area (Å²) in [7, 11) is 0. The zero-order valence-corrected chi connectivity index (χ0v) is 9.93. The minimum Gasteiger partial charge on any atom is -0.318 e.